The van der Waals surface area contributed by atoms with Gasteiger partial charge in [0.1, 0.15) is 5.82 Å². The second-order valence-corrected chi connectivity index (χ2v) is 4.03. The van der Waals surface area contributed by atoms with Crippen LogP contribution >= 0.6 is 0 Å². The number of hydrogen-bond acceptors (Lipinski definition) is 3. The summed E-state index contributed by atoms with van der Waals surface area (Å²) in [7, 11) is 0. The maximum Gasteiger partial charge on any atom is 0.111 e. The molecular formula is C11H19N3O. The van der Waals surface area contributed by atoms with Crippen LogP contribution in [-0.2, 0) is 11.3 Å². The maximum atomic E-state index is 5.34. The molecule has 0 saturated carbocycles. The summed E-state index contributed by atoms with van der Waals surface area (Å²) >= 11 is 0. The molecule has 15 heavy (non-hydrogen) atoms. The summed E-state index contributed by atoms with van der Waals surface area (Å²) in [5.41, 5.74) is 1.17. The molecule has 1 saturated heterocycles. The molecule has 0 aromatic carbocycles. The monoisotopic (exact) mass is 209 g/mol. The van der Waals surface area contributed by atoms with Gasteiger partial charge in [-0.1, -0.05) is 6.92 Å². The summed E-state index contributed by atoms with van der Waals surface area (Å²) in [6.45, 7) is 5.79. The quantitative estimate of drug-likeness (QED) is 0.721. The minimum Gasteiger partial charge on any atom is -0.381 e. The van der Waals surface area contributed by atoms with E-state index in [1.165, 1.54) is 5.69 Å². The van der Waals surface area contributed by atoms with E-state index in [0.717, 1.165) is 45.0 Å². The van der Waals surface area contributed by atoms with Crippen molar-refractivity contribution < 1.29 is 4.74 Å². The highest BCUT2D eigenvalue weighted by molar-refractivity contribution is 5.06. The fourth-order valence-corrected chi connectivity index (χ4v) is 1.82. The Bertz CT molecular complexity index is 292. The molecule has 0 spiro atoms. The van der Waals surface area contributed by atoms with Crippen molar-refractivity contribution in [3.05, 3.63) is 17.7 Å². The molecule has 2 rings (SSSR count). The van der Waals surface area contributed by atoms with Crippen molar-refractivity contribution >= 4 is 0 Å². The van der Waals surface area contributed by atoms with Gasteiger partial charge >= 0.3 is 0 Å². The van der Waals surface area contributed by atoms with E-state index in [-0.39, 0.29) is 0 Å². The van der Waals surface area contributed by atoms with Crippen LogP contribution in [0, 0.1) is 0 Å². The number of aromatic amines is 1. The summed E-state index contributed by atoms with van der Waals surface area (Å²) in [6, 6.07) is 0. The summed E-state index contributed by atoms with van der Waals surface area (Å²) in [5.74, 6) is 1.56. The zero-order valence-electron chi connectivity index (χ0n) is 9.25. The number of aromatic nitrogens is 2. The van der Waals surface area contributed by atoms with Gasteiger partial charge in [0.2, 0.25) is 0 Å². The molecule has 1 aromatic rings. The van der Waals surface area contributed by atoms with Crippen LogP contribution < -0.4 is 5.32 Å². The van der Waals surface area contributed by atoms with Gasteiger partial charge < -0.3 is 15.0 Å². The predicted molar refractivity (Wildman–Crippen MR) is 58.8 cm³/mol. The molecule has 4 heteroatoms. The Labute approximate surface area is 90.4 Å². The van der Waals surface area contributed by atoms with E-state index >= 15 is 0 Å². The number of nitrogens with zero attached hydrogens (tertiary/aromatic N) is 1. The number of imidazole rings is 1. The van der Waals surface area contributed by atoms with Gasteiger partial charge in [0.15, 0.2) is 0 Å². The molecule has 1 aliphatic heterocycles. The average Bonchev–Trinajstić information content (AvgIpc) is 2.87. The van der Waals surface area contributed by atoms with E-state index in [1.807, 2.05) is 6.20 Å². The minimum atomic E-state index is 0.477. The molecule has 1 atom stereocenters. The van der Waals surface area contributed by atoms with Crippen molar-refractivity contribution in [1.29, 1.82) is 0 Å². The van der Waals surface area contributed by atoms with E-state index in [9.17, 15) is 0 Å². The van der Waals surface area contributed by atoms with Crippen LogP contribution in [0.4, 0.5) is 0 Å². The molecule has 4 nitrogen and oxygen atoms in total. The first-order valence-corrected chi connectivity index (χ1v) is 5.72. The first-order chi connectivity index (χ1) is 7.40. The SMILES string of the molecule is CCCNCc1cnc(C2CCOC2)[nH]1. The van der Waals surface area contributed by atoms with Gasteiger partial charge in [-0.05, 0) is 19.4 Å². The third-order valence-electron chi connectivity index (χ3n) is 2.71. The summed E-state index contributed by atoms with van der Waals surface area (Å²) in [4.78, 5) is 7.76. The van der Waals surface area contributed by atoms with Crippen LogP contribution in [0.1, 0.15) is 37.2 Å². The van der Waals surface area contributed by atoms with E-state index in [4.69, 9.17) is 4.74 Å². The van der Waals surface area contributed by atoms with E-state index in [0.29, 0.717) is 5.92 Å². The average molecular weight is 209 g/mol. The summed E-state index contributed by atoms with van der Waals surface area (Å²) in [5, 5.41) is 3.35. The molecule has 1 unspecified atom stereocenters. The Balaban J connectivity index is 1.86. The number of hydrogen-bond donors (Lipinski definition) is 2. The zero-order chi connectivity index (χ0) is 10.5. The van der Waals surface area contributed by atoms with Gasteiger partial charge in [-0.3, -0.25) is 0 Å². The van der Waals surface area contributed by atoms with Crippen LogP contribution in [0.5, 0.6) is 0 Å². The van der Waals surface area contributed by atoms with Crippen molar-refractivity contribution in [3.8, 4) is 0 Å². The molecule has 1 aliphatic rings. The highest BCUT2D eigenvalue weighted by atomic mass is 16.5. The number of rotatable bonds is 5. The van der Waals surface area contributed by atoms with E-state index < -0.39 is 0 Å². The lowest BCUT2D eigenvalue weighted by Crippen LogP contribution is -2.14. The standard InChI is InChI=1S/C11H19N3O/c1-2-4-12-6-10-7-13-11(14-10)9-3-5-15-8-9/h7,9,12H,2-6,8H2,1H3,(H,13,14). The molecule has 1 aromatic heterocycles. The fourth-order valence-electron chi connectivity index (χ4n) is 1.82. The fraction of sp³-hybridized carbons (Fsp3) is 0.727. The van der Waals surface area contributed by atoms with Crippen molar-refractivity contribution in [2.45, 2.75) is 32.2 Å². The molecule has 0 bridgehead atoms. The Kier molecular flexibility index (Phi) is 3.75. The largest absolute Gasteiger partial charge is 0.381 e. The lowest BCUT2D eigenvalue weighted by atomic mass is 10.1. The molecule has 0 radical (unpaired) electrons. The third kappa shape index (κ3) is 2.79. The minimum absolute atomic E-state index is 0.477. The number of ether oxygens (including phenoxy) is 1. The molecule has 2 heterocycles. The summed E-state index contributed by atoms with van der Waals surface area (Å²) in [6.07, 6.45) is 4.18. The van der Waals surface area contributed by atoms with Crippen molar-refractivity contribution in [1.82, 2.24) is 15.3 Å². The van der Waals surface area contributed by atoms with Crippen molar-refractivity contribution in [3.63, 3.8) is 0 Å². The molecule has 2 N–H and O–H groups in total. The topological polar surface area (TPSA) is 49.9 Å². The first kappa shape index (κ1) is 10.6. The normalized spacial score (nSPS) is 21.0. The van der Waals surface area contributed by atoms with Gasteiger partial charge in [0, 0.05) is 31.0 Å². The summed E-state index contributed by atoms with van der Waals surface area (Å²) < 4.78 is 5.34. The molecular weight excluding hydrogens is 190 g/mol. The van der Waals surface area contributed by atoms with Crippen LogP contribution in [0.2, 0.25) is 0 Å². The van der Waals surface area contributed by atoms with Crippen LogP contribution in [0.3, 0.4) is 0 Å². The second-order valence-electron chi connectivity index (χ2n) is 4.03. The Morgan fingerprint density at radius 2 is 2.60 bits per heavy atom. The van der Waals surface area contributed by atoms with Gasteiger partial charge in [0.05, 0.1) is 6.61 Å². The highest BCUT2D eigenvalue weighted by Gasteiger charge is 2.20. The lowest BCUT2D eigenvalue weighted by Gasteiger charge is -2.02. The van der Waals surface area contributed by atoms with Gasteiger partial charge in [-0.15, -0.1) is 0 Å². The van der Waals surface area contributed by atoms with Crippen molar-refractivity contribution in [2.24, 2.45) is 0 Å². The van der Waals surface area contributed by atoms with Gasteiger partial charge in [0.25, 0.3) is 0 Å². The molecule has 0 amide bonds. The van der Waals surface area contributed by atoms with E-state index in [1.54, 1.807) is 0 Å². The lowest BCUT2D eigenvalue weighted by molar-refractivity contribution is 0.193. The Morgan fingerprint density at radius 3 is 3.33 bits per heavy atom. The predicted octanol–water partition coefficient (Wildman–Crippen LogP) is 1.41. The highest BCUT2D eigenvalue weighted by Crippen LogP contribution is 2.22. The van der Waals surface area contributed by atoms with Gasteiger partial charge in [-0.25, -0.2) is 4.98 Å². The molecule has 0 aliphatic carbocycles. The Hall–Kier alpha value is -0.870. The Morgan fingerprint density at radius 1 is 1.67 bits per heavy atom. The van der Waals surface area contributed by atoms with Crippen LogP contribution in [0.15, 0.2) is 6.20 Å². The zero-order valence-corrected chi connectivity index (χ0v) is 9.25. The second kappa shape index (κ2) is 5.28. The molecule has 1 fully saturated rings. The third-order valence-corrected chi connectivity index (χ3v) is 2.71. The van der Waals surface area contributed by atoms with Crippen LogP contribution in [-0.4, -0.2) is 29.7 Å². The van der Waals surface area contributed by atoms with Crippen molar-refractivity contribution in [2.75, 3.05) is 19.8 Å². The number of H-pyrrole nitrogens is 1. The number of nitrogens with one attached hydrogen (secondary N) is 2. The smallest absolute Gasteiger partial charge is 0.111 e. The van der Waals surface area contributed by atoms with Crippen LogP contribution in [0.25, 0.3) is 0 Å². The molecule has 84 valence electrons. The van der Waals surface area contributed by atoms with E-state index in [2.05, 4.69) is 22.2 Å². The first-order valence-electron chi connectivity index (χ1n) is 5.72. The van der Waals surface area contributed by atoms with Gasteiger partial charge in [-0.2, -0.15) is 0 Å². The maximum absolute atomic E-state index is 5.34.